The van der Waals surface area contributed by atoms with Crippen LogP contribution < -0.4 is 10.5 Å². The van der Waals surface area contributed by atoms with E-state index in [4.69, 9.17) is 10.5 Å². The Bertz CT molecular complexity index is 439. The zero-order valence-corrected chi connectivity index (χ0v) is 11.8. The van der Waals surface area contributed by atoms with Crippen LogP contribution in [0.2, 0.25) is 0 Å². The molecule has 0 fully saturated rings. The molecule has 20 heavy (non-hydrogen) atoms. The molecule has 0 aliphatic rings. The quantitative estimate of drug-likeness (QED) is 0.830. The van der Waals surface area contributed by atoms with E-state index in [1.807, 2.05) is 13.8 Å². The molecule has 1 aromatic carbocycles. The van der Waals surface area contributed by atoms with Gasteiger partial charge in [-0.1, -0.05) is 0 Å². The molecule has 0 spiro atoms. The van der Waals surface area contributed by atoms with E-state index >= 15 is 0 Å². The lowest BCUT2D eigenvalue weighted by Crippen LogP contribution is -2.34. The van der Waals surface area contributed by atoms with Crippen molar-refractivity contribution < 1.29 is 18.3 Å². The number of carbonyl (C=O) groups is 1. The second kappa shape index (κ2) is 7.79. The lowest BCUT2D eigenvalue weighted by molar-refractivity contribution is -0.133. The van der Waals surface area contributed by atoms with Crippen molar-refractivity contribution in [2.75, 3.05) is 26.2 Å². The fraction of sp³-hybridized carbons (Fsp3) is 0.500. The number of hydrogen-bond acceptors (Lipinski definition) is 3. The molecule has 0 atom stereocenters. The van der Waals surface area contributed by atoms with E-state index in [-0.39, 0.29) is 12.5 Å². The van der Waals surface area contributed by atoms with Gasteiger partial charge in [0.2, 0.25) is 0 Å². The van der Waals surface area contributed by atoms with Crippen molar-refractivity contribution in [3.05, 3.63) is 29.3 Å². The van der Waals surface area contributed by atoms with Gasteiger partial charge in [-0.25, -0.2) is 8.78 Å². The number of carbonyl (C=O) groups excluding carboxylic acids is 1. The van der Waals surface area contributed by atoms with Crippen LogP contribution in [-0.2, 0) is 11.2 Å². The summed E-state index contributed by atoms with van der Waals surface area (Å²) in [4.78, 5) is 13.2. The van der Waals surface area contributed by atoms with E-state index in [1.165, 1.54) is 17.0 Å². The predicted molar refractivity (Wildman–Crippen MR) is 72.5 cm³/mol. The van der Waals surface area contributed by atoms with Crippen LogP contribution in [0, 0.1) is 11.6 Å². The molecule has 1 amide bonds. The number of nitrogens with zero attached hydrogens (tertiary/aromatic N) is 1. The topological polar surface area (TPSA) is 55.6 Å². The molecule has 0 aliphatic carbocycles. The molecule has 0 aromatic heterocycles. The molecule has 6 heteroatoms. The summed E-state index contributed by atoms with van der Waals surface area (Å²) >= 11 is 0. The molecule has 0 aliphatic heterocycles. The molecule has 1 aromatic rings. The maximum Gasteiger partial charge on any atom is 0.260 e. The Morgan fingerprint density at radius 2 is 1.80 bits per heavy atom. The highest BCUT2D eigenvalue weighted by Crippen LogP contribution is 2.23. The number of amides is 1. The van der Waals surface area contributed by atoms with Gasteiger partial charge in [0.05, 0.1) is 0 Å². The van der Waals surface area contributed by atoms with E-state index < -0.39 is 17.4 Å². The summed E-state index contributed by atoms with van der Waals surface area (Å²) in [6, 6.07) is 2.35. The molecule has 4 nitrogen and oxygen atoms in total. The summed E-state index contributed by atoms with van der Waals surface area (Å²) in [5, 5.41) is 0. The van der Waals surface area contributed by atoms with Gasteiger partial charge in [0.25, 0.3) is 5.91 Å². The van der Waals surface area contributed by atoms with Crippen molar-refractivity contribution >= 4 is 5.91 Å². The maximum absolute atomic E-state index is 13.7. The third-order valence-electron chi connectivity index (χ3n) is 2.95. The molecule has 0 radical (unpaired) electrons. The molecular weight excluding hydrogens is 266 g/mol. The Balaban J connectivity index is 2.76. The van der Waals surface area contributed by atoms with Crippen LogP contribution >= 0.6 is 0 Å². The normalized spacial score (nSPS) is 10.4. The molecule has 0 unspecified atom stereocenters. The zero-order valence-electron chi connectivity index (χ0n) is 11.8. The highest BCUT2D eigenvalue weighted by atomic mass is 19.1. The summed E-state index contributed by atoms with van der Waals surface area (Å²) < 4.78 is 32.4. The van der Waals surface area contributed by atoms with Crippen molar-refractivity contribution in [3.63, 3.8) is 0 Å². The summed E-state index contributed by atoms with van der Waals surface area (Å²) in [5.41, 5.74) is 5.80. The monoisotopic (exact) mass is 286 g/mol. The van der Waals surface area contributed by atoms with Crippen LogP contribution in [0.5, 0.6) is 5.75 Å². The van der Waals surface area contributed by atoms with Gasteiger partial charge in [-0.15, -0.1) is 0 Å². The summed E-state index contributed by atoms with van der Waals surface area (Å²) in [7, 11) is 0. The van der Waals surface area contributed by atoms with Crippen molar-refractivity contribution in [2.24, 2.45) is 5.73 Å². The van der Waals surface area contributed by atoms with E-state index in [9.17, 15) is 13.6 Å². The number of ether oxygens (including phenoxy) is 1. The fourth-order valence-corrected chi connectivity index (χ4v) is 1.86. The highest BCUT2D eigenvalue weighted by molar-refractivity contribution is 5.77. The fourth-order valence-electron chi connectivity index (χ4n) is 1.86. The predicted octanol–water partition coefficient (Wildman–Crippen LogP) is 1.71. The van der Waals surface area contributed by atoms with Gasteiger partial charge >= 0.3 is 0 Å². The number of likely N-dealkylation sites (N-methyl/N-ethyl adjacent to an activating group) is 1. The minimum Gasteiger partial charge on any atom is -0.478 e. The molecule has 0 saturated carbocycles. The molecular formula is C14H20F2N2O2. The van der Waals surface area contributed by atoms with Gasteiger partial charge in [0.1, 0.15) is 0 Å². The molecule has 0 saturated heterocycles. The zero-order chi connectivity index (χ0) is 15.1. The first-order chi connectivity index (χ1) is 9.53. The third kappa shape index (κ3) is 4.16. The van der Waals surface area contributed by atoms with Crippen LogP contribution in [0.4, 0.5) is 8.78 Å². The number of nitrogens with two attached hydrogens (primary N) is 1. The number of hydrogen-bond donors (Lipinski definition) is 1. The minimum atomic E-state index is -0.819. The largest absolute Gasteiger partial charge is 0.478 e. The van der Waals surface area contributed by atoms with Crippen LogP contribution in [0.3, 0.4) is 0 Å². The van der Waals surface area contributed by atoms with Gasteiger partial charge in [-0.3, -0.25) is 4.79 Å². The summed E-state index contributed by atoms with van der Waals surface area (Å²) in [6.45, 7) is 4.62. The van der Waals surface area contributed by atoms with Crippen LogP contribution in [-0.4, -0.2) is 37.0 Å². The van der Waals surface area contributed by atoms with Crippen LogP contribution in [0.1, 0.15) is 19.4 Å². The number of halogens is 2. The van der Waals surface area contributed by atoms with E-state index in [0.29, 0.717) is 31.6 Å². The first kappa shape index (κ1) is 16.4. The number of rotatable bonds is 7. The Morgan fingerprint density at radius 3 is 2.25 bits per heavy atom. The summed E-state index contributed by atoms with van der Waals surface area (Å²) in [5.74, 6) is -2.47. The SMILES string of the molecule is CCN(CC)C(=O)COc1c(F)cc(CCN)cc1F. The van der Waals surface area contributed by atoms with Crippen molar-refractivity contribution in [2.45, 2.75) is 20.3 Å². The molecule has 0 heterocycles. The van der Waals surface area contributed by atoms with E-state index in [1.54, 1.807) is 0 Å². The Hall–Kier alpha value is -1.69. The first-order valence-corrected chi connectivity index (χ1v) is 6.62. The minimum absolute atomic E-state index is 0.305. The molecule has 0 bridgehead atoms. The van der Waals surface area contributed by atoms with Crippen molar-refractivity contribution in [3.8, 4) is 5.75 Å². The van der Waals surface area contributed by atoms with Crippen LogP contribution in [0.25, 0.3) is 0 Å². The molecule has 1 rings (SSSR count). The van der Waals surface area contributed by atoms with Crippen molar-refractivity contribution in [1.29, 1.82) is 0 Å². The summed E-state index contributed by atoms with van der Waals surface area (Å²) in [6.07, 6.45) is 0.381. The second-order valence-electron chi connectivity index (χ2n) is 4.28. The Kier molecular flexibility index (Phi) is 6.38. The lowest BCUT2D eigenvalue weighted by atomic mass is 10.1. The smallest absolute Gasteiger partial charge is 0.260 e. The van der Waals surface area contributed by atoms with Gasteiger partial charge in [-0.2, -0.15) is 0 Å². The average Bonchev–Trinajstić information content (AvgIpc) is 2.39. The highest BCUT2D eigenvalue weighted by Gasteiger charge is 2.16. The third-order valence-corrected chi connectivity index (χ3v) is 2.95. The van der Waals surface area contributed by atoms with E-state index in [2.05, 4.69) is 0 Å². The number of benzene rings is 1. The molecule has 2 N–H and O–H groups in total. The lowest BCUT2D eigenvalue weighted by Gasteiger charge is -2.19. The van der Waals surface area contributed by atoms with Crippen LogP contribution in [0.15, 0.2) is 12.1 Å². The van der Waals surface area contributed by atoms with Crippen molar-refractivity contribution in [1.82, 2.24) is 4.90 Å². The average molecular weight is 286 g/mol. The van der Waals surface area contributed by atoms with E-state index in [0.717, 1.165) is 0 Å². The molecule has 112 valence electrons. The van der Waals surface area contributed by atoms with Gasteiger partial charge in [-0.05, 0) is 44.5 Å². The second-order valence-corrected chi connectivity index (χ2v) is 4.28. The Labute approximate surface area is 117 Å². The Morgan fingerprint density at radius 1 is 1.25 bits per heavy atom. The van der Waals surface area contributed by atoms with Gasteiger partial charge < -0.3 is 15.4 Å². The van der Waals surface area contributed by atoms with Gasteiger partial charge in [0.15, 0.2) is 24.0 Å². The van der Waals surface area contributed by atoms with Gasteiger partial charge in [0, 0.05) is 13.1 Å². The first-order valence-electron chi connectivity index (χ1n) is 6.62. The standard InChI is InChI=1S/C14H20F2N2O2/c1-3-18(4-2)13(19)9-20-14-11(15)7-10(5-6-17)8-12(14)16/h7-8H,3-6,9,17H2,1-2H3. The maximum atomic E-state index is 13.7.